The van der Waals surface area contributed by atoms with Crippen molar-refractivity contribution in [3.8, 4) is 11.1 Å². The second-order valence-corrected chi connectivity index (χ2v) is 13.1. The molecular weight excluding hydrogens is 504 g/mol. The summed E-state index contributed by atoms with van der Waals surface area (Å²) >= 11 is 0. The first-order valence-electron chi connectivity index (χ1n) is 16.4. The Labute approximate surface area is 265 Å². The van der Waals surface area contributed by atoms with Crippen LogP contribution in [0.1, 0.15) is 146 Å². The third kappa shape index (κ3) is 21.2. The van der Waals surface area contributed by atoms with Gasteiger partial charge in [0.1, 0.15) is 0 Å². The Hall–Kier alpha value is -2.60. The van der Waals surface area contributed by atoms with Gasteiger partial charge in [0.25, 0.3) is 0 Å². The quantitative estimate of drug-likeness (QED) is 0.267. The van der Waals surface area contributed by atoms with E-state index >= 15 is 0 Å². The molecule has 0 N–H and O–H groups in total. The van der Waals surface area contributed by atoms with Crippen LogP contribution in [0.3, 0.4) is 0 Å². The predicted molar refractivity (Wildman–Crippen MR) is 198 cm³/mol. The van der Waals surface area contributed by atoms with Crippen LogP contribution in [0.25, 0.3) is 11.1 Å². The molecule has 0 fully saturated rings. The van der Waals surface area contributed by atoms with E-state index in [1.807, 2.05) is 53.7 Å². The van der Waals surface area contributed by atoms with Gasteiger partial charge >= 0.3 is 0 Å². The molecule has 0 radical (unpaired) electrons. The van der Waals surface area contributed by atoms with Crippen LogP contribution >= 0.6 is 0 Å². The smallest absolute Gasteiger partial charge is 0.0132 e. The second kappa shape index (κ2) is 23.9. The molecule has 0 spiro atoms. The molecule has 0 heteroatoms. The van der Waals surface area contributed by atoms with Crippen molar-refractivity contribution >= 4 is 0 Å². The van der Waals surface area contributed by atoms with Gasteiger partial charge in [-0.3, -0.25) is 0 Å². The van der Waals surface area contributed by atoms with Crippen LogP contribution in [0, 0.1) is 12.8 Å². The van der Waals surface area contributed by atoms with E-state index in [4.69, 9.17) is 0 Å². The predicted octanol–water partition coefficient (Wildman–Crippen LogP) is 14.4. The van der Waals surface area contributed by atoms with Crippen molar-refractivity contribution in [1.29, 1.82) is 0 Å². The Morgan fingerprint density at radius 2 is 0.905 bits per heavy atom. The molecule has 238 valence electrons. The average molecular weight is 575 g/mol. The number of hydrogen-bond acceptors (Lipinski definition) is 0. The van der Waals surface area contributed by atoms with E-state index in [0.29, 0.717) is 5.92 Å². The van der Waals surface area contributed by atoms with Gasteiger partial charge in [0.15, 0.2) is 0 Å². The summed E-state index contributed by atoms with van der Waals surface area (Å²) in [5.41, 5.74) is 8.63. The lowest BCUT2D eigenvalue weighted by atomic mass is 9.85. The molecule has 0 nitrogen and oxygen atoms in total. The number of rotatable bonds is 2. The van der Waals surface area contributed by atoms with Crippen molar-refractivity contribution < 1.29 is 0 Å². The molecule has 0 aliphatic carbocycles. The molecule has 0 amide bonds. The van der Waals surface area contributed by atoms with Crippen LogP contribution in [0.5, 0.6) is 0 Å². The summed E-state index contributed by atoms with van der Waals surface area (Å²) in [6.07, 6.45) is 4.00. The highest BCUT2D eigenvalue weighted by Crippen LogP contribution is 2.28. The third-order valence-corrected chi connectivity index (χ3v) is 5.87. The van der Waals surface area contributed by atoms with Crippen molar-refractivity contribution in [3.05, 3.63) is 107 Å². The Morgan fingerprint density at radius 3 is 1.26 bits per heavy atom. The highest BCUT2D eigenvalue weighted by Gasteiger charge is 2.14. The zero-order chi connectivity index (χ0) is 33.5. The summed E-state index contributed by atoms with van der Waals surface area (Å²) in [6.45, 7) is 38.6. The molecule has 0 aromatic heterocycles. The van der Waals surface area contributed by atoms with Crippen molar-refractivity contribution in [2.45, 2.75) is 141 Å². The van der Waals surface area contributed by atoms with E-state index in [9.17, 15) is 0 Å². The van der Waals surface area contributed by atoms with Gasteiger partial charge in [0.2, 0.25) is 0 Å². The lowest BCUT2D eigenvalue weighted by molar-refractivity contribution is 0.588. The largest absolute Gasteiger partial charge is 0.0919 e. The lowest BCUT2D eigenvalue weighted by Gasteiger charge is -2.20. The number of allylic oxidation sites excluding steroid dienone is 2. The Kier molecular flexibility index (Phi) is 25.0. The first kappa shape index (κ1) is 43.8. The van der Waals surface area contributed by atoms with Crippen molar-refractivity contribution in [2.24, 2.45) is 5.92 Å². The van der Waals surface area contributed by atoms with Crippen LogP contribution < -0.4 is 0 Å². The Bertz CT molecular complexity index is 1040. The van der Waals surface area contributed by atoms with Crippen LogP contribution in [0.2, 0.25) is 0 Å². The summed E-state index contributed by atoms with van der Waals surface area (Å²) in [7, 11) is 0. The Balaban J connectivity index is -0.000000537. The topological polar surface area (TPSA) is 0 Å². The number of aryl methyl sites for hydroxylation is 1. The maximum atomic E-state index is 2.32. The van der Waals surface area contributed by atoms with E-state index in [-0.39, 0.29) is 10.8 Å². The van der Waals surface area contributed by atoms with Crippen molar-refractivity contribution in [3.63, 3.8) is 0 Å². The van der Waals surface area contributed by atoms with Crippen LogP contribution in [0.15, 0.2) is 84.9 Å². The van der Waals surface area contributed by atoms with Crippen molar-refractivity contribution in [2.75, 3.05) is 0 Å². The Morgan fingerprint density at radius 1 is 0.524 bits per heavy atom. The summed E-state index contributed by atoms with van der Waals surface area (Å²) < 4.78 is 0. The molecule has 0 aliphatic heterocycles. The zero-order valence-electron chi connectivity index (χ0n) is 31.2. The van der Waals surface area contributed by atoms with Crippen LogP contribution in [-0.4, -0.2) is 0 Å². The fourth-order valence-corrected chi connectivity index (χ4v) is 3.28. The highest BCUT2D eigenvalue weighted by molar-refractivity contribution is 5.64. The SMILES string of the molecule is C/C=C\C.CC.CC.CC(C)C.CC(C)c1cccc(C(C)(C)C)c1.Cc1ccc(-c2cccc(C(C)(C)C)c2)cc1. The van der Waals surface area contributed by atoms with Crippen LogP contribution in [-0.2, 0) is 10.8 Å². The maximum absolute atomic E-state index is 2.32. The van der Waals surface area contributed by atoms with Gasteiger partial charge < -0.3 is 0 Å². The molecule has 42 heavy (non-hydrogen) atoms. The molecule has 0 saturated heterocycles. The van der Waals surface area contributed by atoms with Gasteiger partial charge in [0, 0.05) is 0 Å². The molecule has 0 bridgehead atoms. The van der Waals surface area contributed by atoms with Gasteiger partial charge in [-0.25, -0.2) is 0 Å². The molecule has 0 unspecified atom stereocenters. The summed E-state index contributed by atoms with van der Waals surface area (Å²) in [5.74, 6) is 1.46. The number of benzene rings is 3. The van der Waals surface area contributed by atoms with Gasteiger partial charge in [0.05, 0.1) is 0 Å². The van der Waals surface area contributed by atoms with Gasteiger partial charge in [-0.1, -0.05) is 194 Å². The summed E-state index contributed by atoms with van der Waals surface area (Å²) in [6, 6.07) is 26.5. The van der Waals surface area contributed by atoms with Crippen molar-refractivity contribution in [1.82, 2.24) is 0 Å². The minimum absolute atomic E-state index is 0.209. The monoisotopic (exact) mass is 575 g/mol. The van der Waals surface area contributed by atoms with E-state index in [1.165, 1.54) is 33.4 Å². The summed E-state index contributed by atoms with van der Waals surface area (Å²) in [4.78, 5) is 0. The molecule has 0 saturated carbocycles. The average Bonchev–Trinajstić information content (AvgIpc) is 2.95. The lowest BCUT2D eigenvalue weighted by Crippen LogP contribution is -2.11. The fraction of sp³-hybridized carbons (Fsp3) is 0.524. The molecule has 3 rings (SSSR count). The summed E-state index contributed by atoms with van der Waals surface area (Å²) in [5, 5.41) is 0. The van der Waals surface area contributed by atoms with E-state index in [1.54, 1.807) is 0 Å². The first-order valence-corrected chi connectivity index (χ1v) is 16.4. The molecule has 3 aromatic carbocycles. The molecule has 0 aliphatic rings. The molecule has 0 heterocycles. The molecular formula is C42H70. The minimum Gasteiger partial charge on any atom is -0.0919 e. The van der Waals surface area contributed by atoms with E-state index in [0.717, 1.165) is 5.92 Å². The van der Waals surface area contributed by atoms with Gasteiger partial charge in [-0.05, 0) is 71.3 Å². The molecule has 0 atom stereocenters. The van der Waals surface area contributed by atoms with Crippen LogP contribution in [0.4, 0.5) is 0 Å². The number of hydrogen-bond donors (Lipinski definition) is 0. The zero-order valence-corrected chi connectivity index (χ0v) is 31.2. The van der Waals surface area contributed by atoms with E-state index in [2.05, 4.69) is 156 Å². The normalized spacial score (nSPS) is 10.5. The fourth-order valence-electron chi connectivity index (χ4n) is 3.28. The minimum atomic E-state index is 0.209. The second-order valence-electron chi connectivity index (χ2n) is 13.1. The van der Waals surface area contributed by atoms with Gasteiger partial charge in [-0.2, -0.15) is 0 Å². The third-order valence-electron chi connectivity index (χ3n) is 5.87. The standard InChI is InChI=1S/C17H20.C13H20.C4H10.C4H8.2C2H6/c1-13-8-10-14(11-9-13)15-6-5-7-16(12-15)17(2,3)4;1-10(2)11-7-6-8-12(9-11)13(3,4)5;1-4(2)3;1-3-4-2;2*1-2/h5-12H,1-4H3;6-10H,1-5H3;4H,1-3H3;3-4H,1-2H3;2*1-2H3/b;;;4-3-;;. The van der Waals surface area contributed by atoms with Gasteiger partial charge in [-0.15, -0.1) is 0 Å². The first-order chi connectivity index (χ1) is 19.5. The maximum Gasteiger partial charge on any atom is -0.0132 e. The highest BCUT2D eigenvalue weighted by atomic mass is 14.2. The molecule has 3 aromatic rings. The van der Waals surface area contributed by atoms with E-state index < -0.39 is 0 Å².